The Kier molecular flexibility index (Phi) is 5.17. The summed E-state index contributed by atoms with van der Waals surface area (Å²) in [6.45, 7) is 0. The molecule has 1 N–H and O–H groups in total. The lowest BCUT2D eigenvalue weighted by atomic mass is 10.1. The zero-order chi connectivity index (χ0) is 21.1. The Bertz CT molecular complexity index is 1200. The van der Waals surface area contributed by atoms with Gasteiger partial charge in [-0.05, 0) is 36.4 Å². The zero-order valence-corrected chi connectivity index (χ0v) is 16.6. The maximum absolute atomic E-state index is 12.8. The van der Waals surface area contributed by atoms with E-state index in [0.29, 0.717) is 34.1 Å². The van der Waals surface area contributed by atoms with E-state index in [2.05, 4.69) is 20.6 Å². The molecule has 2 heterocycles. The van der Waals surface area contributed by atoms with Crippen molar-refractivity contribution in [2.75, 3.05) is 26.6 Å². The Labute approximate surface area is 172 Å². The fourth-order valence-corrected chi connectivity index (χ4v) is 3.05. The summed E-state index contributed by atoms with van der Waals surface area (Å²) in [6.07, 6.45) is 1.54. The number of rotatable bonds is 6. The van der Waals surface area contributed by atoms with E-state index < -0.39 is 0 Å². The van der Waals surface area contributed by atoms with Gasteiger partial charge >= 0.3 is 0 Å². The first kappa shape index (κ1) is 19.2. The van der Waals surface area contributed by atoms with Crippen LogP contribution in [0.4, 0.5) is 5.69 Å². The summed E-state index contributed by atoms with van der Waals surface area (Å²) in [5, 5.41) is 15.2. The fraction of sp³-hybridized carbons (Fsp3) is 0.143. The second-order valence-corrected chi connectivity index (χ2v) is 6.30. The van der Waals surface area contributed by atoms with Gasteiger partial charge in [0.05, 0.1) is 27.0 Å². The highest BCUT2D eigenvalue weighted by molar-refractivity contribution is 6.05. The molecule has 0 saturated carbocycles. The predicted octanol–water partition coefficient (Wildman–Crippen LogP) is 3.07. The van der Waals surface area contributed by atoms with Crippen LogP contribution in [-0.4, -0.2) is 47.0 Å². The third-order valence-electron chi connectivity index (χ3n) is 4.50. The van der Waals surface area contributed by atoms with Crippen molar-refractivity contribution in [1.29, 1.82) is 0 Å². The van der Waals surface area contributed by atoms with Crippen molar-refractivity contribution in [2.24, 2.45) is 0 Å². The van der Waals surface area contributed by atoms with Crippen molar-refractivity contribution in [3.8, 4) is 28.5 Å². The Hall–Kier alpha value is -4.14. The van der Waals surface area contributed by atoms with Gasteiger partial charge in [0.1, 0.15) is 6.33 Å². The number of carbonyl (C=O) groups excluding carboxylic acids is 1. The van der Waals surface area contributed by atoms with Gasteiger partial charge in [-0.15, -0.1) is 10.2 Å². The van der Waals surface area contributed by atoms with Crippen LogP contribution in [0.2, 0.25) is 0 Å². The van der Waals surface area contributed by atoms with Gasteiger partial charge in [-0.1, -0.05) is 12.1 Å². The summed E-state index contributed by atoms with van der Waals surface area (Å²) in [7, 11) is 4.51. The lowest BCUT2D eigenvalue weighted by Gasteiger charge is -2.14. The molecule has 0 unspecified atom stereocenters. The second kappa shape index (κ2) is 8.08. The molecule has 0 aliphatic heterocycles. The molecule has 0 aliphatic carbocycles. The number of anilines is 1. The lowest BCUT2D eigenvalue weighted by Crippen LogP contribution is -2.12. The molecule has 9 heteroatoms. The molecule has 0 fully saturated rings. The van der Waals surface area contributed by atoms with Crippen molar-refractivity contribution in [3.63, 3.8) is 0 Å². The van der Waals surface area contributed by atoms with E-state index in [0.717, 1.165) is 11.3 Å². The van der Waals surface area contributed by atoms with Crippen molar-refractivity contribution in [1.82, 2.24) is 19.8 Å². The van der Waals surface area contributed by atoms with Crippen LogP contribution in [-0.2, 0) is 0 Å². The van der Waals surface area contributed by atoms with Gasteiger partial charge in [-0.2, -0.15) is 9.61 Å². The number of carbonyl (C=O) groups is 1. The summed E-state index contributed by atoms with van der Waals surface area (Å²) in [6, 6.07) is 14.3. The number of nitrogens with one attached hydrogen (secondary N) is 1. The molecule has 4 rings (SSSR count). The summed E-state index contributed by atoms with van der Waals surface area (Å²) in [4.78, 5) is 12.8. The van der Waals surface area contributed by atoms with Gasteiger partial charge in [0, 0.05) is 16.8 Å². The largest absolute Gasteiger partial charge is 0.493 e. The van der Waals surface area contributed by atoms with Gasteiger partial charge < -0.3 is 19.5 Å². The molecule has 0 atom stereocenters. The molecular weight excluding hydrogens is 386 g/mol. The molecule has 0 bridgehead atoms. The van der Waals surface area contributed by atoms with E-state index in [-0.39, 0.29) is 5.91 Å². The molecule has 2 aromatic heterocycles. The van der Waals surface area contributed by atoms with Crippen LogP contribution in [0.3, 0.4) is 0 Å². The Balaban J connectivity index is 1.62. The van der Waals surface area contributed by atoms with Crippen molar-refractivity contribution < 1.29 is 19.0 Å². The minimum Gasteiger partial charge on any atom is -0.493 e. The first-order chi connectivity index (χ1) is 14.6. The molecular formula is C21H19N5O4. The van der Waals surface area contributed by atoms with Crippen LogP contribution in [0, 0.1) is 0 Å². The van der Waals surface area contributed by atoms with Crippen LogP contribution >= 0.6 is 0 Å². The predicted molar refractivity (Wildman–Crippen MR) is 110 cm³/mol. The number of ether oxygens (including phenoxy) is 3. The van der Waals surface area contributed by atoms with Crippen molar-refractivity contribution in [3.05, 3.63) is 60.4 Å². The average Bonchev–Trinajstić information content (AvgIpc) is 3.26. The highest BCUT2D eigenvalue weighted by Crippen LogP contribution is 2.38. The van der Waals surface area contributed by atoms with Gasteiger partial charge in [0.2, 0.25) is 5.75 Å². The lowest BCUT2D eigenvalue weighted by molar-refractivity contribution is 0.102. The molecule has 152 valence electrons. The standard InChI is InChI=1S/C21H19N5O4/c1-28-17-10-14(11-18(29-2)20(17)30-3)21(27)23-15-6-4-5-13(9-15)16-7-8-19-24-22-12-26(19)25-16/h4-12H,1-3H3,(H,23,27). The number of nitrogens with zero attached hydrogens (tertiary/aromatic N) is 4. The first-order valence-electron chi connectivity index (χ1n) is 9.02. The number of methoxy groups -OCH3 is 3. The van der Waals surface area contributed by atoms with E-state index in [4.69, 9.17) is 14.2 Å². The summed E-state index contributed by atoms with van der Waals surface area (Å²) >= 11 is 0. The van der Waals surface area contributed by atoms with Crippen LogP contribution in [0.1, 0.15) is 10.4 Å². The van der Waals surface area contributed by atoms with E-state index in [1.807, 2.05) is 30.3 Å². The first-order valence-corrected chi connectivity index (χ1v) is 9.02. The third kappa shape index (κ3) is 3.60. The van der Waals surface area contributed by atoms with Gasteiger partial charge in [0.15, 0.2) is 17.1 Å². The van der Waals surface area contributed by atoms with Crippen LogP contribution in [0.15, 0.2) is 54.9 Å². The molecule has 0 saturated heterocycles. The van der Waals surface area contributed by atoms with Crippen molar-refractivity contribution >= 4 is 17.2 Å². The smallest absolute Gasteiger partial charge is 0.255 e. The van der Waals surface area contributed by atoms with E-state index in [1.165, 1.54) is 27.7 Å². The maximum Gasteiger partial charge on any atom is 0.255 e. The van der Waals surface area contributed by atoms with Crippen LogP contribution in [0.25, 0.3) is 16.9 Å². The second-order valence-electron chi connectivity index (χ2n) is 6.30. The Morgan fingerprint density at radius 1 is 0.967 bits per heavy atom. The summed E-state index contributed by atoms with van der Waals surface area (Å²) < 4.78 is 17.5. The quantitative estimate of drug-likeness (QED) is 0.526. The monoisotopic (exact) mass is 405 g/mol. The number of hydrogen-bond donors (Lipinski definition) is 1. The highest BCUT2D eigenvalue weighted by Gasteiger charge is 2.17. The number of amides is 1. The summed E-state index contributed by atoms with van der Waals surface area (Å²) in [5.74, 6) is 0.923. The Morgan fingerprint density at radius 2 is 1.73 bits per heavy atom. The minimum absolute atomic E-state index is 0.311. The summed E-state index contributed by atoms with van der Waals surface area (Å²) in [5.41, 5.74) is 3.22. The van der Waals surface area contributed by atoms with Gasteiger partial charge in [0.25, 0.3) is 5.91 Å². The van der Waals surface area contributed by atoms with Crippen LogP contribution in [0.5, 0.6) is 17.2 Å². The Morgan fingerprint density at radius 3 is 2.43 bits per heavy atom. The average molecular weight is 405 g/mol. The number of benzene rings is 2. The third-order valence-corrected chi connectivity index (χ3v) is 4.50. The van der Waals surface area contributed by atoms with Crippen LogP contribution < -0.4 is 19.5 Å². The molecule has 1 amide bonds. The molecule has 2 aromatic carbocycles. The van der Waals surface area contributed by atoms with E-state index in [1.54, 1.807) is 22.7 Å². The SMILES string of the molecule is COc1cc(C(=O)Nc2cccc(-c3ccc4nncn4n3)c2)cc(OC)c1OC. The highest BCUT2D eigenvalue weighted by atomic mass is 16.5. The zero-order valence-electron chi connectivity index (χ0n) is 16.6. The number of fused-ring (bicyclic) bond motifs is 1. The number of aromatic nitrogens is 4. The minimum atomic E-state index is -0.311. The van der Waals surface area contributed by atoms with E-state index in [9.17, 15) is 4.79 Å². The molecule has 0 radical (unpaired) electrons. The van der Waals surface area contributed by atoms with Gasteiger partial charge in [-0.25, -0.2) is 0 Å². The normalized spacial score (nSPS) is 10.6. The maximum atomic E-state index is 12.8. The number of hydrogen-bond acceptors (Lipinski definition) is 7. The topological polar surface area (TPSA) is 99.9 Å². The van der Waals surface area contributed by atoms with Gasteiger partial charge in [-0.3, -0.25) is 4.79 Å². The molecule has 0 spiro atoms. The van der Waals surface area contributed by atoms with Crippen molar-refractivity contribution in [2.45, 2.75) is 0 Å². The molecule has 0 aliphatic rings. The fourth-order valence-electron chi connectivity index (χ4n) is 3.05. The molecule has 30 heavy (non-hydrogen) atoms. The molecule has 4 aromatic rings. The molecule has 9 nitrogen and oxygen atoms in total. The van der Waals surface area contributed by atoms with E-state index >= 15 is 0 Å².